The Bertz CT molecular complexity index is 1540. The minimum atomic E-state index is -0.651. The van der Waals surface area contributed by atoms with Gasteiger partial charge in [-0.15, -0.1) is 11.3 Å². The summed E-state index contributed by atoms with van der Waals surface area (Å²) in [6.07, 6.45) is 0. The Morgan fingerprint density at radius 1 is 0.914 bits per heavy atom. The van der Waals surface area contributed by atoms with Crippen LogP contribution >= 0.6 is 11.3 Å². The number of fused-ring (bicyclic) bond motifs is 1. The molecule has 35 heavy (non-hydrogen) atoms. The molecule has 2 aromatic heterocycles. The Kier molecular flexibility index (Phi) is 6.04. The number of amides is 2. The summed E-state index contributed by atoms with van der Waals surface area (Å²) in [5.41, 5.74) is 0.192. The lowest BCUT2D eigenvalue weighted by Gasteiger charge is -2.34. The van der Waals surface area contributed by atoms with Crippen molar-refractivity contribution in [1.82, 2.24) is 19.4 Å². The SMILES string of the molecule is O=C(c1cccc(Cn2c(=O)[nH]c(=O)c3cc(F)ccc32)c1)N1CCN(C(=O)c2cccs2)CC1. The average Bonchev–Trinajstić information content (AvgIpc) is 3.41. The topological polar surface area (TPSA) is 95.5 Å². The maximum absolute atomic E-state index is 13.6. The molecule has 178 valence electrons. The Morgan fingerprint density at radius 3 is 2.37 bits per heavy atom. The number of aromatic amines is 1. The van der Waals surface area contributed by atoms with Crippen LogP contribution in [0.1, 0.15) is 25.6 Å². The van der Waals surface area contributed by atoms with E-state index in [1.54, 1.807) is 40.1 Å². The summed E-state index contributed by atoms with van der Waals surface area (Å²) >= 11 is 1.40. The fraction of sp³-hybridized carbons (Fsp3) is 0.200. The predicted molar refractivity (Wildman–Crippen MR) is 130 cm³/mol. The van der Waals surface area contributed by atoms with Gasteiger partial charge in [-0.25, -0.2) is 9.18 Å². The van der Waals surface area contributed by atoms with Crippen molar-refractivity contribution in [3.63, 3.8) is 0 Å². The van der Waals surface area contributed by atoms with E-state index in [1.165, 1.54) is 28.0 Å². The van der Waals surface area contributed by atoms with Gasteiger partial charge < -0.3 is 9.80 Å². The van der Waals surface area contributed by atoms with Crippen molar-refractivity contribution < 1.29 is 14.0 Å². The summed E-state index contributed by atoms with van der Waals surface area (Å²) in [5.74, 6) is -0.749. The van der Waals surface area contributed by atoms with Gasteiger partial charge >= 0.3 is 5.69 Å². The molecule has 0 atom stereocenters. The highest BCUT2D eigenvalue weighted by molar-refractivity contribution is 7.12. The van der Waals surface area contributed by atoms with Crippen molar-refractivity contribution in [3.05, 3.63) is 103 Å². The van der Waals surface area contributed by atoms with Crippen LogP contribution < -0.4 is 11.2 Å². The molecule has 1 saturated heterocycles. The van der Waals surface area contributed by atoms with Gasteiger partial charge in [-0.1, -0.05) is 18.2 Å². The number of H-pyrrole nitrogens is 1. The zero-order valence-corrected chi connectivity index (χ0v) is 19.4. The summed E-state index contributed by atoms with van der Waals surface area (Å²) < 4.78 is 15.0. The number of halogens is 1. The highest BCUT2D eigenvalue weighted by atomic mass is 32.1. The highest BCUT2D eigenvalue weighted by Gasteiger charge is 2.26. The molecule has 8 nitrogen and oxygen atoms in total. The molecule has 0 radical (unpaired) electrons. The number of carbonyl (C=O) groups is 2. The Morgan fingerprint density at radius 2 is 1.66 bits per heavy atom. The molecule has 0 saturated carbocycles. The smallest absolute Gasteiger partial charge is 0.329 e. The van der Waals surface area contributed by atoms with E-state index in [2.05, 4.69) is 4.98 Å². The lowest BCUT2D eigenvalue weighted by molar-refractivity contribution is 0.0538. The summed E-state index contributed by atoms with van der Waals surface area (Å²) in [6, 6.07) is 14.2. The largest absolute Gasteiger partial charge is 0.335 e. The van der Waals surface area contributed by atoms with Gasteiger partial charge in [-0.2, -0.15) is 0 Å². The molecular formula is C25H21FN4O4S. The molecule has 10 heteroatoms. The molecule has 2 aromatic carbocycles. The normalized spacial score (nSPS) is 13.9. The fourth-order valence-corrected chi connectivity index (χ4v) is 4.95. The Balaban J connectivity index is 1.33. The van der Waals surface area contributed by atoms with E-state index < -0.39 is 17.1 Å². The van der Waals surface area contributed by atoms with Crippen LogP contribution in [0.15, 0.2) is 69.6 Å². The summed E-state index contributed by atoms with van der Waals surface area (Å²) in [5, 5.41) is 1.94. The van der Waals surface area contributed by atoms with Gasteiger partial charge in [-0.05, 0) is 47.3 Å². The fourth-order valence-electron chi connectivity index (χ4n) is 4.26. The van der Waals surface area contributed by atoms with E-state index in [1.807, 2.05) is 11.4 Å². The van der Waals surface area contributed by atoms with Gasteiger partial charge in [0.25, 0.3) is 17.4 Å². The summed E-state index contributed by atoms with van der Waals surface area (Å²) in [7, 11) is 0. The van der Waals surface area contributed by atoms with Crippen molar-refractivity contribution in [2.45, 2.75) is 6.54 Å². The number of hydrogen-bond acceptors (Lipinski definition) is 5. The van der Waals surface area contributed by atoms with Gasteiger partial charge in [-0.3, -0.25) is 23.9 Å². The first-order valence-electron chi connectivity index (χ1n) is 11.0. The first kappa shape index (κ1) is 22.7. The molecule has 1 fully saturated rings. The molecule has 4 aromatic rings. The lowest BCUT2D eigenvalue weighted by Crippen LogP contribution is -2.50. The molecule has 1 aliphatic heterocycles. The van der Waals surface area contributed by atoms with Gasteiger partial charge in [0.05, 0.1) is 22.3 Å². The van der Waals surface area contributed by atoms with Crippen LogP contribution in [0.3, 0.4) is 0 Å². The van der Waals surface area contributed by atoms with E-state index in [9.17, 15) is 23.6 Å². The number of rotatable bonds is 4. The van der Waals surface area contributed by atoms with Crippen molar-refractivity contribution in [3.8, 4) is 0 Å². The zero-order valence-electron chi connectivity index (χ0n) is 18.6. The minimum Gasteiger partial charge on any atom is -0.335 e. The van der Waals surface area contributed by atoms with E-state index in [0.29, 0.717) is 47.7 Å². The number of aromatic nitrogens is 2. The van der Waals surface area contributed by atoms with Crippen LogP contribution in [0.5, 0.6) is 0 Å². The third-order valence-corrected chi connectivity index (χ3v) is 6.92. The number of nitrogens with one attached hydrogen (secondary N) is 1. The molecule has 2 amide bonds. The van der Waals surface area contributed by atoms with Crippen LogP contribution in [0, 0.1) is 5.82 Å². The van der Waals surface area contributed by atoms with E-state index in [0.717, 1.165) is 6.07 Å². The van der Waals surface area contributed by atoms with Crippen LogP contribution in [-0.4, -0.2) is 57.3 Å². The van der Waals surface area contributed by atoms with Gasteiger partial charge in [0.15, 0.2) is 0 Å². The maximum atomic E-state index is 13.6. The van der Waals surface area contributed by atoms with E-state index in [-0.39, 0.29) is 23.7 Å². The number of carbonyl (C=O) groups excluding carboxylic acids is 2. The number of benzene rings is 2. The second-order valence-electron chi connectivity index (χ2n) is 8.27. The summed E-state index contributed by atoms with van der Waals surface area (Å²) in [4.78, 5) is 56.6. The maximum Gasteiger partial charge on any atom is 0.329 e. The molecule has 0 unspecified atom stereocenters. The molecular weight excluding hydrogens is 471 g/mol. The van der Waals surface area contributed by atoms with Crippen molar-refractivity contribution in [2.24, 2.45) is 0 Å². The zero-order chi connectivity index (χ0) is 24.5. The predicted octanol–water partition coefficient (Wildman–Crippen LogP) is 2.54. The average molecular weight is 493 g/mol. The monoisotopic (exact) mass is 492 g/mol. The summed E-state index contributed by atoms with van der Waals surface area (Å²) in [6.45, 7) is 1.86. The lowest BCUT2D eigenvalue weighted by atomic mass is 10.1. The van der Waals surface area contributed by atoms with Gasteiger partial charge in [0.2, 0.25) is 0 Å². The van der Waals surface area contributed by atoms with Crippen LogP contribution in [0.2, 0.25) is 0 Å². The third-order valence-electron chi connectivity index (χ3n) is 6.06. The quantitative estimate of drug-likeness (QED) is 0.474. The minimum absolute atomic E-state index is 0.0208. The third kappa shape index (κ3) is 4.52. The molecule has 0 aliphatic carbocycles. The molecule has 5 rings (SSSR count). The molecule has 1 aliphatic rings. The standard InChI is InChI=1S/C25H21FN4O4S/c26-18-6-7-20-19(14-18)22(31)27-25(34)30(20)15-16-3-1-4-17(13-16)23(32)28-8-10-29(11-9-28)24(33)21-5-2-12-35-21/h1-7,12-14H,8-11,15H2,(H,27,31,34). The van der Waals surface area contributed by atoms with Gasteiger partial charge in [0.1, 0.15) is 5.82 Å². The molecule has 0 spiro atoms. The van der Waals surface area contributed by atoms with E-state index in [4.69, 9.17) is 0 Å². The first-order valence-corrected chi connectivity index (χ1v) is 11.9. The van der Waals surface area contributed by atoms with Crippen molar-refractivity contribution >= 4 is 34.1 Å². The molecule has 1 N–H and O–H groups in total. The number of piperazine rings is 1. The van der Waals surface area contributed by atoms with Gasteiger partial charge in [0, 0.05) is 31.7 Å². The van der Waals surface area contributed by atoms with Crippen molar-refractivity contribution in [2.75, 3.05) is 26.2 Å². The number of hydrogen-bond donors (Lipinski definition) is 1. The van der Waals surface area contributed by atoms with E-state index >= 15 is 0 Å². The first-order chi connectivity index (χ1) is 16.9. The van der Waals surface area contributed by atoms with Crippen LogP contribution in [0.25, 0.3) is 10.9 Å². The number of nitrogens with zero attached hydrogens (tertiary/aromatic N) is 3. The van der Waals surface area contributed by atoms with Crippen LogP contribution in [0.4, 0.5) is 4.39 Å². The van der Waals surface area contributed by atoms with Crippen LogP contribution in [-0.2, 0) is 6.54 Å². The van der Waals surface area contributed by atoms with Crippen molar-refractivity contribution in [1.29, 1.82) is 0 Å². The second kappa shape index (κ2) is 9.30. The number of thiophene rings is 1. The Hall–Kier alpha value is -4.05. The molecule has 3 heterocycles. The molecule has 0 bridgehead atoms. The second-order valence-corrected chi connectivity index (χ2v) is 9.22. The highest BCUT2D eigenvalue weighted by Crippen LogP contribution is 2.17. The Labute approximate surface area is 202 Å².